The summed E-state index contributed by atoms with van der Waals surface area (Å²) in [5, 5.41) is 24.3. The zero-order valence-corrected chi connectivity index (χ0v) is 27.3. The number of hydrogen-bond donors (Lipinski definition) is 4. The van der Waals surface area contributed by atoms with Crippen LogP contribution >= 0.6 is 0 Å². The molecule has 4 aromatic rings. The summed E-state index contributed by atoms with van der Waals surface area (Å²) >= 11 is 0. The number of carbonyl (C=O) groups is 1. The van der Waals surface area contributed by atoms with Crippen LogP contribution in [-0.2, 0) is 6.61 Å². The standard InChI is InChI=1S/C36H44N8O3/c1-36(2,3)31(37)21-32(38-25-13-11-24(23-45)12-14-25)40-34(46)39-29-16-17-30(28-10-6-5-9-27(28)29)47-26-15-18-33-41-42-35(44(33)22-26)43-19-7-4-8-20-43/h5-6,9-15,18,21-22,29-30,45H,4,7-8,16-17,19-20,23,37H2,1-3H3,(H2,38,39,40,46)/t29?,30-/m1/s1. The van der Waals surface area contributed by atoms with Gasteiger partial charge in [-0.05, 0) is 73.1 Å². The van der Waals surface area contributed by atoms with E-state index in [1.807, 2.05) is 61.7 Å². The molecule has 0 spiro atoms. The molecule has 0 saturated carbocycles. The monoisotopic (exact) mass is 636 g/mol. The van der Waals surface area contributed by atoms with Crippen LogP contribution in [0.3, 0.4) is 0 Å². The first-order chi connectivity index (χ1) is 22.7. The number of aliphatic imine (C=N–C) groups is 1. The normalized spacial score (nSPS) is 18.9. The predicted octanol–water partition coefficient (Wildman–Crippen LogP) is 6.09. The molecule has 5 N–H and O–H groups in total. The third-order valence-corrected chi connectivity index (χ3v) is 8.78. The highest BCUT2D eigenvalue weighted by Gasteiger charge is 2.30. The number of amides is 2. The number of aromatic nitrogens is 3. The largest absolute Gasteiger partial charge is 0.484 e. The summed E-state index contributed by atoms with van der Waals surface area (Å²) in [4.78, 5) is 20.4. The van der Waals surface area contributed by atoms with Gasteiger partial charge in [0.2, 0.25) is 5.95 Å². The molecule has 2 aliphatic rings. The smallest absolute Gasteiger partial charge is 0.320 e. The lowest BCUT2D eigenvalue weighted by Gasteiger charge is -2.32. The second-order valence-electron chi connectivity index (χ2n) is 13.3. The summed E-state index contributed by atoms with van der Waals surface area (Å²) in [5.41, 5.74) is 10.9. The van der Waals surface area contributed by atoms with E-state index < -0.39 is 0 Å². The van der Waals surface area contributed by atoms with Crippen LogP contribution in [-0.4, -0.2) is 44.7 Å². The minimum atomic E-state index is -0.379. The van der Waals surface area contributed by atoms with Crippen LogP contribution in [0.25, 0.3) is 5.65 Å². The van der Waals surface area contributed by atoms with Gasteiger partial charge in [0.05, 0.1) is 24.5 Å². The number of amidine groups is 1. The third kappa shape index (κ3) is 7.57. The van der Waals surface area contributed by atoms with Gasteiger partial charge in [0.1, 0.15) is 17.7 Å². The fraction of sp³-hybridized carbons (Fsp3) is 0.389. The Morgan fingerprint density at radius 1 is 1.02 bits per heavy atom. The highest BCUT2D eigenvalue weighted by atomic mass is 16.5. The van der Waals surface area contributed by atoms with Crippen molar-refractivity contribution in [3.05, 3.63) is 95.3 Å². The first kappa shape index (κ1) is 32.1. The molecule has 1 saturated heterocycles. The van der Waals surface area contributed by atoms with Crippen LogP contribution in [0, 0.1) is 5.41 Å². The zero-order valence-electron chi connectivity index (χ0n) is 27.3. The van der Waals surface area contributed by atoms with Crippen molar-refractivity contribution < 1.29 is 14.6 Å². The Kier molecular flexibility index (Phi) is 9.44. The van der Waals surface area contributed by atoms with E-state index in [-0.39, 0.29) is 30.2 Å². The molecule has 47 heavy (non-hydrogen) atoms. The average molecular weight is 637 g/mol. The molecule has 2 aromatic carbocycles. The minimum absolute atomic E-state index is 0.0554. The second-order valence-corrected chi connectivity index (χ2v) is 13.3. The van der Waals surface area contributed by atoms with Gasteiger partial charge in [-0.3, -0.25) is 9.72 Å². The van der Waals surface area contributed by atoms with Crippen molar-refractivity contribution >= 4 is 29.1 Å². The maximum absolute atomic E-state index is 13.4. The number of ether oxygens (including phenoxy) is 1. The lowest BCUT2D eigenvalue weighted by Crippen LogP contribution is -2.42. The van der Waals surface area contributed by atoms with Gasteiger partial charge in [-0.1, -0.05) is 57.2 Å². The van der Waals surface area contributed by atoms with Gasteiger partial charge >= 0.3 is 6.03 Å². The molecule has 1 fully saturated rings. The first-order valence-electron chi connectivity index (χ1n) is 16.4. The third-order valence-electron chi connectivity index (χ3n) is 8.78. The van der Waals surface area contributed by atoms with E-state index in [1.165, 1.54) is 6.42 Å². The second kappa shape index (κ2) is 13.8. The van der Waals surface area contributed by atoms with E-state index in [2.05, 4.69) is 36.8 Å². The van der Waals surface area contributed by atoms with E-state index in [1.54, 1.807) is 30.3 Å². The van der Waals surface area contributed by atoms with Gasteiger partial charge in [0.15, 0.2) is 5.65 Å². The number of pyridine rings is 1. The summed E-state index contributed by atoms with van der Waals surface area (Å²) in [6.45, 7) is 7.91. The van der Waals surface area contributed by atoms with Gasteiger partial charge in [0, 0.05) is 30.3 Å². The van der Waals surface area contributed by atoms with E-state index in [4.69, 9.17) is 10.5 Å². The average Bonchev–Trinajstić information content (AvgIpc) is 3.49. The fourth-order valence-electron chi connectivity index (χ4n) is 6.01. The van der Waals surface area contributed by atoms with Crippen molar-refractivity contribution in [3.63, 3.8) is 0 Å². The predicted molar refractivity (Wildman–Crippen MR) is 184 cm³/mol. The van der Waals surface area contributed by atoms with Crippen molar-refractivity contribution in [2.24, 2.45) is 16.1 Å². The molecule has 1 aliphatic heterocycles. The van der Waals surface area contributed by atoms with Crippen LogP contribution in [0.15, 0.2) is 83.6 Å². The summed E-state index contributed by atoms with van der Waals surface area (Å²) < 4.78 is 8.62. The number of hydrogen-bond acceptors (Lipinski definition) is 8. The Bertz CT molecular complexity index is 1770. The maximum Gasteiger partial charge on any atom is 0.320 e. The number of nitrogens with two attached hydrogens (primary N) is 1. The Morgan fingerprint density at radius 3 is 2.49 bits per heavy atom. The van der Waals surface area contributed by atoms with Crippen molar-refractivity contribution in [1.29, 1.82) is 0 Å². The Balaban J connectivity index is 1.18. The minimum Gasteiger partial charge on any atom is -0.484 e. The molecule has 3 heterocycles. The SMILES string of the molecule is CC(C)(C)C(N)=CC(=Nc1ccc(CO)cc1)NC(=O)NC1CC[C@@H](Oc2ccc3nnc(N4CCCCC4)n3c2)c2ccccc21. The van der Waals surface area contributed by atoms with Gasteiger partial charge < -0.3 is 25.8 Å². The molecule has 1 aliphatic carbocycles. The molecule has 6 rings (SSSR count). The Morgan fingerprint density at radius 2 is 1.77 bits per heavy atom. The van der Waals surface area contributed by atoms with Gasteiger partial charge in [0.25, 0.3) is 0 Å². The van der Waals surface area contributed by atoms with E-state index in [0.29, 0.717) is 23.6 Å². The highest BCUT2D eigenvalue weighted by Crippen LogP contribution is 2.39. The van der Waals surface area contributed by atoms with E-state index >= 15 is 0 Å². The van der Waals surface area contributed by atoms with Crippen molar-refractivity contribution in [2.45, 2.75) is 71.6 Å². The lowest BCUT2D eigenvalue weighted by atomic mass is 9.85. The number of rotatable bonds is 7. The van der Waals surface area contributed by atoms with E-state index in [0.717, 1.165) is 66.4 Å². The molecule has 0 radical (unpaired) electrons. The summed E-state index contributed by atoms with van der Waals surface area (Å²) in [5.74, 6) is 1.93. The van der Waals surface area contributed by atoms with Crippen molar-refractivity contribution in [1.82, 2.24) is 25.2 Å². The van der Waals surface area contributed by atoms with Crippen LogP contribution < -0.4 is 26.0 Å². The summed E-state index contributed by atoms with van der Waals surface area (Å²) in [7, 11) is 0. The van der Waals surface area contributed by atoms with Crippen LogP contribution in [0.5, 0.6) is 5.75 Å². The molecular formula is C36H44N8O3. The van der Waals surface area contributed by atoms with Crippen LogP contribution in [0.2, 0.25) is 0 Å². The first-order valence-corrected chi connectivity index (χ1v) is 16.4. The topological polar surface area (TPSA) is 142 Å². The number of benzene rings is 2. The number of aliphatic hydroxyl groups excluding tert-OH is 1. The Hall–Kier alpha value is -4.90. The lowest BCUT2D eigenvalue weighted by molar-refractivity contribution is 0.171. The number of allylic oxidation sites excluding steroid dienone is 1. The number of nitrogens with zero attached hydrogens (tertiary/aromatic N) is 5. The summed E-state index contributed by atoms with van der Waals surface area (Å²) in [6.07, 6.45) is 8.48. The molecule has 2 amide bonds. The zero-order chi connectivity index (χ0) is 33.0. The molecule has 11 heteroatoms. The number of fused-ring (bicyclic) bond motifs is 2. The Labute approximate surface area is 275 Å². The fourth-order valence-corrected chi connectivity index (χ4v) is 6.01. The van der Waals surface area contributed by atoms with Crippen LogP contribution in [0.4, 0.5) is 16.4 Å². The molecule has 246 valence electrons. The van der Waals surface area contributed by atoms with Gasteiger partial charge in [-0.2, -0.15) is 0 Å². The van der Waals surface area contributed by atoms with Crippen LogP contribution in [0.1, 0.15) is 81.7 Å². The quantitative estimate of drug-likeness (QED) is 0.142. The van der Waals surface area contributed by atoms with Crippen molar-refractivity contribution in [2.75, 3.05) is 18.0 Å². The number of nitrogens with one attached hydrogen (secondary N) is 2. The number of carbonyl (C=O) groups excluding carboxylic acids is 1. The number of anilines is 1. The van der Waals surface area contributed by atoms with Gasteiger partial charge in [-0.25, -0.2) is 9.79 Å². The van der Waals surface area contributed by atoms with E-state index in [9.17, 15) is 9.90 Å². The number of urea groups is 1. The van der Waals surface area contributed by atoms with Crippen molar-refractivity contribution in [3.8, 4) is 5.75 Å². The molecular weight excluding hydrogens is 592 g/mol. The molecule has 2 aromatic heterocycles. The highest BCUT2D eigenvalue weighted by molar-refractivity contribution is 6.05. The maximum atomic E-state index is 13.4. The molecule has 11 nitrogen and oxygen atoms in total. The molecule has 0 bridgehead atoms. The number of piperidine rings is 1. The molecule has 1 unspecified atom stereocenters. The molecule has 2 atom stereocenters. The number of aliphatic hydroxyl groups is 1. The summed E-state index contributed by atoms with van der Waals surface area (Å²) in [6, 6.07) is 18.6. The van der Waals surface area contributed by atoms with Gasteiger partial charge in [-0.15, -0.1) is 10.2 Å².